The topological polar surface area (TPSA) is 66.9 Å². The van der Waals surface area contributed by atoms with Crippen molar-refractivity contribution in [1.82, 2.24) is 4.90 Å². The van der Waals surface area contributed by atoms with E-state index >= 15 is 0 Å². The molecular weight excluding hydrogens is 487 g/mol. The van der Waals surface area contributed by atoms with Crippen LogP contribution in [-0.2, 0) is 38.5 Å². The number of hydrogen-bond acceptors (Lipinski definition) is 3. The molecule has 0 spiro atoms. The first kappa shape index (κ1) is 22.6. The van der Waals surface area contributed by atoms with Crippen molar-refractivity contribution < 1.29 is 42.2 Å². The molecule has 3 aromatic rings. The summed E-state index contributed by atoms with van der Waals surface area (Å²) < 4.78 is 0. The van der Waals surface area contributed by atoms with E-state index in [1.54, 1.807) is 35.4 Å². The van der Waals surface area contributed by atoms with Gasteiger partial charge in [-0.1, -0.05) is 60.7 Å². The van der Waals surface area contributed by atoms with Gasteiger partial charge in [-0.2, -0.15) is 18.2 Å². The van der Waals surface area contributed by atoms with Gasteiger partial charge in [-0.15, -0.1) is 12.1 Å². The van der Waals surface area contributed by atoms with Crippen molar-refractivity contribution in [2.75, 3.05) is 0 Å². The zero-order chi connectivity index (χ0) is 20.8. The summed E-state index contributed by atoms with van der Waals surface area (Å²) in [5.74, 6) is 0.834. The molecular formula is C25H20CdN3O2+. The minimum absolute atomic E-state index is 0. The van der Waals surface area contributed by atoms with Crippen LogP contribution in [0.25, 0.3) is 5.70 Å². The second kappa shape index (κ2) is 10.8. The summed E-state index contributed by atoms with van der Waals surface area (Å²) in [5.41, 5.74) is 2.96. The maximum absolute atomic E-state index is 12.6. The fraction of sp³-hybridized carbons (Fsp3) is 0.0800. The van der Waals surface area contributed by atoms with Crippen LogP contribution in [0.2, 0.25) is 0 Å². The Morgan fingerprint density at radius 2 is 1.61 bits per heavy atom. The molecule has 0 saturated carbocycles. The molecule has 5 rings (SSSR count). The molecule has 2 aliphatic rings. The molecule has 2 aliphatic heterocycles. The Bertz CT molecular complexity index is 1100. The number of nitrogens with zero attached hydrogens (tertiary/aromatic N) is 2. The fourth-order valence-electron chi connectivity index (χ4n) is 3.14. The summed E-state index contributed by atoms with van der Waals surface area (Å²) in [7, 11) is 0. The molecule has 0 bridgehead atoms. The third-order valence-electron chi connectivity index (χ3n) is 4.65. The number of amides is 1. The smallest absolute Gasteiger partial charge is 0.533 e. The van der Waals surface area contributed by atoms with Crippen LogP contribution in [0.5, 0.6) is 5.75 Å². The number of rotatable bonds is 3. The zero-order valence-electron chi connectivity index (χ0n) is 16.9. The number of benzene rings is 3. The van der Waals surface area contributed by atoms with Crippen molar-refractivity contribution in [3.8, 4) is 5.75 Å². The molecule has 2 N–H and O–H groups in total. The molecule has 6 heteroatoms. The van der Waals surface area contributed by atoms with E-state index in [1.165, 1.54) is 0 Å². The van der Waals surface area contributed by atoms with Crippen LogP contribution in [0.4, 0.5) is 0 Å². The average Bonchev–Trinajstić information content (AvgIpc) is 3.11. The summed E-state index contributed by atoms with van der Waals surface area (Å²) in [5, 5.41) is 8.61. The van der Waals surface area contributed by atoms with Gasteiger partial charge in [-0.25, -0.2) is 0 Å². The van der Waals surface area contributed by atoms with E-state index in [0.29, 0.717) is 18.0 Å². The van der Waals surface area contributed by atoms with Crippen LogP contribution in [0.1, 0.15) is 11.1 Å². The summed E-state index contributed by atoms with van der Waals surface area (Å²) in [6, 6.07) is 28.7. The maximum atomic E-state index is 12.6. The third-order valence-corrected chi connectivity index (χ3v) is 4.65. The molecule has 3 aromatic carbocycles. The predicted molar refractivity (Wildman–Crippen MR) is 116 cm³/mol. The monoisotopic (exact) mass is 508 g/mol. The molecule has 31 heavy (non-hydrogen) atoms. The van der Waals surface area contributed by atoms with Gasteiger partial charge < -0.3 is 10.1 Å². The number of carbonyl (C=O) groups excluding carboxylic acids is 1. The van der Waals surface area contributed by atoms with E-state index in [9.17, 15) is 4.79 Å². The molecule has 0 fully saturated rings. The molecule has 1 atom stereocenters. The molecule has 5 nitrogen and oxygen atoms in total. The molecule has 1 unspecified atom stereocenters. The Morgan fingerprint density at radius 3 is 2.23 bits per heavy atom. The van der Waals surface area contributed by atoms with Crippen molar-refractivity contribution in [1.29, 1.82) is 0 Å². The Hall–Kier alpha value is -3.07. The molecule has 0 radical (unpaired) electrons. The Morgan fingerprint density at radius 1 is 0.968 bits per heavy atom. The first-order valence-electron chi connectivity index (χ1n) is 9.60. The Kier molecular flexibility index (Phi) is 7.89. The Labute approximate surface area is 201 Å². The van der Waals surface area contributed by atoms with Gasteiger partial charge >= 0.3 is 27.3 Å². The van der Waals surface area contributed by atoms with Crippen molar-refractivity contribution >= 4 is 23.7 Å². The second-order valence-electron chi connectivity index (χ2n) is 6.78. The molecule has 2 heterocycles. The van der Waals surface area contributed by atoms with Crippen molar-refractivity contribution in [3.05, 3.63) is 108 Å². The van der Waals surface area contributed by atoms with Crippen molar-refractivity contribution in [2.45, 2.75) is 12.5 Å². The summed E-state index contributed by atoms with van der Waals surface area (Å²) >= 11 is 0. The quantitative estimate of drug-likeness (QED) is 0.422. The van der Waals surface area contributed by atoms with E-state index in [1.807, 2.05) is 60.7 Å². The average molecular weight is 507 g/mol. The van der Waals surface area contributed by atoms with Crippen molar-refractivity contribution in [2.24, 2.45) is 4.99 Å². The number of fused-ring (bicyclic) bond motifs is 1. The summed E-state index contributed by atoms with van der Waals surface area (Å²) in [6.45, 7) is 0. The van der Waals surface area contributed by atoms with Crippen LogP contribution >= 0.6 is 0 Å². The molecule has 0 saturated heterocycles. The van der Waals surface area contributed by atoms with Crippen LogP contribution in [0, 0.1) is 6.07 Å². The SMILES string of the molecule is O=C1C(Cc2ccccc2)N=C2[C-]=[NH+]C(c3ccccc3)=CN12.Oc1cc[c-]cc1.[Cd+2]. The number of phenolic OH excluding ortho intramolecular Hbond substituents is 1. The number of amidine groups is 1. The molecule has 1 amide bonds. The van der Waals surface area contributed by atoms with Gasteiger partial charge in [0.1, 0.15) is 11.9 Å². The summed E-state index contributed by atoms with van der Waals surface area (Å²) in [4.78, 5) is 21.8. The van der Waals surface area contributed by atoms with E-state index in [4.69, 9.17) is 5.11 Å². The standard InChI is InChI=1S/C19H15N3O.C6H5O.Cd/c23-19-16(11-14-7-3-1-4-8-14)21-18-12-20-17(13-22(18)19)15-9-5-2-6-10-15;7-6-4-2-1-3-5-6;/h1-10,13,16,20H,11H2;2-5,7H;/q;-1;+2. The molecule has 0 aromatic heterocycles. The van der Waals surface area contributed by atoms with Gasteiger partial charge in [-0.05, 0) is 11.1 Å². The molecule has 148 valence electrons. The molecule has 0 aliphatic carbocycles. The number of phenols is 1. The van der Waals surface area contributed by atoms with Gasteiger partial charge in [0.15, 0.2) is 0 Å². The van der Waals surface area contributed by atoms with Crippen LogP contribution in [0.15, 0.2) is 96.1 Å². The van der Waals surface area contributed by atoms with Crippen LogP contribution in [0.3, 0.4) is 0 Å². The largest absolute Gasteiger partial charge is 2.00 e. The first-order valence-corrected chi connectivity index (χ1v) is 9.60. The second-order valence-corrected chi connectivity index (χ2v) is 6.78. The van der Waals surface area contributed by atoms with Crippen LogP contribution < -0.4 is 4.99 Å². The van der Waals surface area contributed by atoms with Crippen LogP contribution in [-0.4, -0.2) is 34.0 Å². The van der Waals surface area contributed by atoms with Gasteiger partial charge in [0.2, 0.25) is 0 Å². The minimum atomic E-state index is -0.381. The van der Waals surface area contributed by atoms with Crippen molar-refractivity contribution in [3.63, 3.8) is 0 Å². The zero-order valence-corrected chi connectivity index (χ0v) is 20.9. The van der Waals surface area contributed by atoms with E-state index < -0.39 is 0 Å². The predicted octanol–water partition coefficient (Wildman–Crippen LogP) is 2.07. The van der Waals surface area contributed by atoms with E-state index in [-0.39, 0.29) is 39.2 Å². The Balaban J connectivity index is 0.000000292. The number of nitrogens with one attached hydrogen (secondary N) is 1. The first-order chi connectivity index (χ1) is 14.7. The van der Waals surface area contributed by atoms with Gasteiger partial charge in [0, 0.05) is 18.4 Å². The van der Waals surface area contributed by atoms with Gasteiger partial charge in [0.25, 0.3) is 5.91 Å². The van der Waals surface area contributed by atoms with E-state index in [0.717, 1.165) is 16.8 Å². The number of aliphatic imine (C=N–C) groups is 1. The normalized spacial score (nSPS) is 16.3. The number of hydrogen-bond donors (Lipinski definition) is 2. The van der Waals surface area contributed by atoms with E-state index in [2.05, 4.69) is 22.3 Å². The number of aromatic hydroxyl groups is 1. The maximum Gasteiger partial charge on any atom is 2.00 e. The minimum Gasteiger partial charge on any atom is -0.533 e. The third kappa shape index (κ3) is 5.76. The van der Waals surface area contributed by atoms with Gasteiger partial charge in [-0.3, -0.25) is 14.7 Å². The summed E-state index contributed by atoms with van der Waals surface area (Å²) in [6.07, 6.45) is 5.42. The number of carbonyl (C=O) groups is 1. The fourth-order valence-corrected chi connectivity index (χ4v) is 3.14. The van der Waals surface area contributed by atoms with Gasteiger partial charge in [0.05, 0.1) is 11.9 Å².